The van der Waals surface area contributed by atoms with Crippen molar-refractivity contribution in [1.29, 1.82) is 0 Å². The van der Waals surface area contributed by atoms with Crippen LogP contribution in [0.25, 0.3) is 42.7 Å². The van der Waals surface area contributed by atoms with Crippen molar-refractivity contribution < 1.29 is 20.1 Å². The van der Waals surface area contributed by atoms with Crippen LogP contribution in [0.4, 0.5) is 0 Å². The van der Waals surface area contributed by atoms with E-state index in [1.54, 1.807) is 6.20 Å². The largest absolute Gasteiger partial charge is 0.305 e. The van der Waals surface area contributed by atoms with Crippen LogP contribution in [0.2, 0.25) is 0 Å². The van der Waals surface area contributed by atoms with E-state index in [2.05, 4.69) is 54.1 Å². The van der Waals surface area contributed by atoms with Crippen molar-refractivity contribution >= 4 is 31.5 Å². The predicted molar refractivity (Wildman–Crippen MR) is 139 cm³/mol. The van der Waals surface area contributed by atoms with E-state index in [4.69, 9.17) is 0 Å². The summed E-state index contributed by atoms with van der Waals surface area (Å²) in [4.78, 5) is 8.70. The smallest absolute Gasteiger partial charge is 0.0242 e. The molecular formula is C30H22IrN2S-2. The van der Waals surface area contributed by atoms with Gasteiger partial charge in [0.15, 0.2) is 0 Å². The maximum absolute atomic E-state index is 4.48. The SMILES string of the molecule is Cc1cc2sc3c(-c4ccccn4)[c-]ccc3c2cc1C.[Ir].[c-]1ccccc1-c1ccccn1. The number of benzene rings is 3. The first-order valence-corrected chi connectivity index (χ1v) is 11.7. The fourth-order valence-corrected chi connectivity index (χ4v) is 5.06. The van der Waals surface area contributed by atoms with E-state index in [9.17, 15) is 0 Å². The van der Waals surface area contributed by atoms with E-state index in [0.717, 1.165) is 22.5 Å². The first-order chi connectivity index (χ1) is 16.2. The summed E-state index contributed by atoms with van der Waals surface area (Å²) in [6.45, 7) is 4.35. The normalized spacial score (nSPS) is 10.4. The van der Waals surface area contributed by atoms with Crippen LogP contribution in [0.15, 0.2) is 97.3 Å². The second kappa shape index (κ2) is 10.8. The molecule has 6 rings (SSSR count). The molecule has 0 saturated carbocycles. The molecule has 0 aliphatic heterocycles. The van der Waals surface area contributed by atoms with Crippen molar-refractivity contribution in [3.63, 3.8) is 0 Å². The molecule has 0 bridgehead atoms. The van der Waals surface area contributed by atoms with Gasteiger partial charge in [-0.25, -0.2) is 0 Å². The average Bonchev–Trinajstić information content (AvgIpc) is 3.23. The van der Waals surface area contributed by atoms with Crippen molar-refractivity contribution in [2.75, 3.05) is 0 Å². The molecule has 2 nitrogen and oxygen atoms in total. The fourth-order valence-electron chi connectivity index (χ4n) is 3.77. The molecule has 3 aromatic carbocycles. The Hall–Kier alpha value is -3.17. The van der Waals surface area contributed by atoms with Gasteiger partial charge in [0.05, 0.1) is 0 Å². The van der Waals surface area contributed by atoms with Gasteiger partial charge in [-0.05, 0) is 64.6 Å². The molecule has 0 atom stereocenters. The van der Waals surface area contributed by atoms with Crippen molar-refractivity contribution in [1.82, 2.24) is 9.97 Å². The number of fused-ring (bicyclic) bond motifs is 3. The molecule has 1 radical (unpaired) electrons. The molecule has 0 N–H and O–H groups in total. The summed E-state index contributed by atoms with van der Waals surface area (Å²) < 4.78 is 2.61. The zero-order valence-electron chi connectivity index (χ0n) is 18.9. The van der Waals surface area contributed by atoms with Crippen LogP contribution in [0.3, 0.4) is 0 Å². The molecule has 0 saturated heterocycles. The maximum Gasteiger partial charge on any atom is 0.0242 e. The third kappa shape index (κ3) is 5.00. The van der Waals surface area contributed by atoms with Gasteiger partial charge in [0, 0.05) is 37.2 Å². The van der Waals surface area contributed by atoms with Gasteiger partial charge in [-0.2, -0.15) is 11.3 Å². The Morgan fingerprint density at radius 2 is 1.38 bits per heavy atom. The van der Waals surface area contributed by atoms with Crippen molar-refractivity contribution in [2.24, 2.45) is 0 Å². The number of hydrogen-bond donors (Lipinski definition) is 0. The average molecular weight is 635 g/mol. The van der Waals surface area contributed by atoms with Crippen LogP contribution < -0.4 is 0 Å². The van der Waals surface area contributed by atoms with Crippen LogP contribution in [0.1, 0.15) is 11.1 Å². The van der Waals surface area contributed by atoms with Gasteiger partial charge in [0.25, 0.3) is 0 Å². The van der Waals surface area contributed by atoms with Gasteiger partial charge in [-0.1, -0.05) is 35.7 Å². The summed E-state index contributed by atoms with van der Waals surface area (Å²) in [5.41, 5.74) is 6.79. The number of rotatable bonds is 2. The quantitative estimate of drug-likeness (QED) is 0.180. The summed E-state index contributed by atoms with van der Waals surface area (Å²) in [7, 11) is 0. The molecule has 0 amide bonds. The van der Waals surface area contributed by atoms with Gasteiger partial charge in [-0.3, -0.25) is 0 Å². The summed E-state index contributed by atoms with van der Waals surface area (Å²) in [5.74, 6) is 0. The monoisotopic (exact) mass is 635 g/mol. The van der Waals surface area contributed by atoms with E-state index >= 15 is 0 Å². The second-order valence-electron chi connectivity index (χ2n) is 7.84. The summed E-state index contributed by atoms with van der Waals surface area (Å²) in [6.07, 6.45) is 3.62. The molecule has 0 aliphatic rings. The molecular weight excluding hydrogens is 613 g/mol. The Bertz CT molecular complexity index is 1470. The molecule has 3 aromatic heterocycles. The molecule has 0 aliphatic carbocycles. The fraction of sp³-hybridized carbons (Fsp3) is 0.0667. The number of pyridine rings is 2. The minimum atomic E-state index is 0. The Balaban J connectivity index is 0.000000180. The Labute approximate surface area is 217 Å². The Kier molecular flexibility index (Phi) is 7.64. The molecule has 0 spiro atoms. The predicted octanol–water partition coefficient (Wildman–Crippen LogP) is 8.08. The van der Waals surface area contributed by atoms with Crippen LogP contribution in [0, 0.1) is 26.0 Å². The number of aryl methyl sites for hydroxylation is 2. The minimum Gasteiger partial charge on any atom is -0.305 e. The number of nitrogens with zero attached hydrogens (tertiary/aromatic N) is 2. The minimum absolute atomic E-state index is 0. The first kappa shape index (κ1) is 24.0. The van der Waals surface area contributed by atoms with Gasteiger partial charge in [0.2, 0.25) is 0 Å². The molecule has 169 valence electrons. The molecule has 34 heavy (non-hydrogen) atoms. The van der Waals surface area contributed by atoms with E-state index in [1.807, 2.05) is 84.3 Å². The van der Waals surface area contributed by atoms with E-state index in [0.29, 0.717) is 0 Å². The number of hydrogen-bond acceptors (Lipinski definition) is 3. The third-order valence-electron chi connectivity index (χ3n) is 5.62. The van der Waals surface area contributed by atoms with E-state index in [-0.39, 0.29) is 20.1 Å². The zero-order valence-corrected chi connectivity index (χ0v) is 22.1. The van der Waals surface area contributed by atoms with Crippen LogP contribution >= 0.6 is 11.3 Å². The van der Waals surface area contributed by atoms with Gasteiger partial charge in [-0.15, -0.1) is 59.7 Å². The summed E-state index contributed by atoms with van der Waals surface area (Å²) in [6, 6.07) is 35.0. The van der Waals surface area contributed by atoms with Gasteiger partial charge < -0.3 is 9.97 Å². The maximum atomic E-state index is 4.48. The molecule has 6 aromatic rings. The van der Waals surface area contributed by atoms with E-state index in [1.165, 1.54) is 31.3 Å². The van der Waals surface area contributed by atoms with Crippen LogP contribution in [0.5, 0.6) is 0 Å². The molecule has 0 unspecified atom stereocenters. The zero-order chi connectivity index (χ0) is 22.6. The summed E-state index contributed by atoms with van der Waals surface area (Å²) in [5, 5.41) is 2.64. The van der Waals surface area contributed by atoms with Crippen molar-refractivity contribution in [3.8, 4) is 22.5 Å². The Morgan fingerprint density at radius 1 is 0.676 bits per heavy atom. The topological polar surface area (TPSA) is 25.8 Å². The molecule has 4 heteroatoms. The standard InChI is InChI=1S/C19H14NS.C11H8N.Ir/c1-12-10-16-14-6-5-7-15(17-8-3-4-9-20-17)19(14)21-18(16)11-13(12)2;1-2-6-10(7-3-1)11-8-4-5-9-12-11;/h3-6,8-11H,1-2H3;1-6,8-9H;/q2*-1;. The number of thiophene rings is 1. The second-order valence-corrected chi connectivity index (χ2v) is 8.89. The molecule has 0 fully saturated rings. The number of aromatic nitrogens is 2. The van der Waals surface area contributed by atoms with E-state index < -0.39 is 0 Å². The first-order valence-electron chi connectivity index (χ1n) is 10.8. The summed E-state index contributed by atoms with van der Waals surface area (Å²) >= 11 is 1.83. The van der Waals surface area contributed by atoms with Gasteiger partial charge >= 0.3 is 0 Å². The third-order valence-corrected chi connectivity index (χ3v) is 6.80. The van der Waals surface area contributed by atoms with Crippen LogP contribution in [-0.2, 0) is 20.1 Å². The van der Waals surface area contributed by atoms with Gasteiger partial charge in [0.1, 0.15) is 0 Å². The van der Waals surface area contributed by atoms with Crippen molar-refractivity contribution in [3.05, 3.63) is 121 Å². The van der Waals surface area contributed by atoms with Crippen molar-refractivity contribution in [2.45, 2.75) is 13.8 Å². The molecule has 3 heterocycles. The van der Waals surface area contributed by atoms with Crippen LogP contribution in [-0.4, -0.2) is 9.97 Å². The Morgan fingerprint density at radius 3 is 2.06 bits per heavy atom.